The van der Waals surface area contributed by atoms with Crippen LogP contribution >= 0.6 is 22.6 Å². The largest absolute Gasteiger partial charge is 0.236 e. The van der Waals surface area contributed by atoms with Gasteiger partial charge in [0.1, 0.15) is 0 Å². The molecule has 0 amide bonds. The van der Waals surface area contributed by atoms with E-state index in [4.69, 9.17) is 0 Å². The smallest absolute Gasteiger partial charge is 0.236 e. The molecule has 3 aromatic rings. The SMILES string of the molecule is CS(=O)(=O)n1c(-c2ccccc2)c(I)c2ccccc21. The Morgan fingerprint density at radius 1 is 0.950 bits per heavy atom. The van der Waals surface area contributed by atoms with Crippen molar-refractivity contribution >= 4 is 43.5 Å². The molecule has 0 fully saturated rings. The average Bonchev–Trinajstić information content (AvgIpc) is 2.73. The molecule has 0 aliphatic carbocycles. The lowest BCUT2D eigenvalue weighted by Crippen LogP contribution is -2.11. The minimum Gasteiger partial charge on any atom is -0.236 e. The van der Waals surface area contributed by atoms with Crippen molar-refractivity contribution < 1.29 is 8.42 Å². The highest BCUT2D eigenvalue weighted by Gasteiger charge is 2.21. The molecule has 0 atom stereocenters. The summed E-state index contributed by atoms with van der Waals surface area (Å²) >= 11 is 2.22. The summed E-state index contributed by atoms with van der Waals surface area (Å²) in [5.41, 5.74) is 2.35. The Bertz CT molecular complexity index is 883. The molecule has 3 nitrogen and oxygen atoms in total. The Kier molecular flexibility index (Phi) is 3.33. The lowest BCUT2D eigenvalue weighted by Gasteiger charge is -2.08. The number of nitrogens with zero attached hydrogens (tertiary/aromatic N) is 1. The van der Waals surface area contributed by atoms with Crippen LogP contribution in [0.2, 0.25) is 0 Å². The molecule has 0 saturated carbocycles. The second-order valence-electron chi connectivity index (χ2n) is 4.57. The van der Waals surface area contributed by atoms with Crippen molar-refractivity contribution in [3.63, 3.8) is 0 Å². The first-order chi connectivity index (χ1) is 9.50. The van der Waals surface area contributed by atoms with Gasteiger partial charge in [0.25, 0.3) is 0 Å². The third kappa shape index (κ3) is 2.14. The van der Waals surface area contributed by atoms with Crippen molar-refractivity contribution in [1.29, 1.82) is 0 Å². The maximum absolute atomic E-state index is 12.2. The second kappa shape index (κ2) is 4.89. The van der Waals surface area contributed by atoms with Crippen LogP contribution in [0.15, 0.2) is 54.6 Å². The molecule has 20 heavy (non-hydrogen) atoms. The van der Waals surface area contributed by atoms with Gasteiger partial charge in [0.2, 0.25) is 10.0 Å². The van der Waals surface area contributed by atoms with Crippen molar-refractivity contribution in [3.8, 4) is 11.3 Å². The summed E-state index contributed by atoms with van der Waals surface area (Å²) in [7, 11) is -3.38. The number of para-hydroxylation sites is 1. The van der Waals surface area contributed by atoms with Crippen molar-refractivity contribution in [1.82, 2.24) is 3.97 Å². The monoisotopic (exact) mass is 397 g/mol. The molecule has 0 spiro atoms. The van der Waals surface area contributed by atoms with Gasteiger partial charge in [-0.25, -0.2) is 12.4 Å². The Balaban J connectivity index is 2.51. The van der Waals surface area contributed by atoms with Gasteiger partial charge in [-0.3, -0.25) is 0 Å². The predicted octanol–water partition coefficient (Wildman–Crippen LogP) is 3.72. The van der Waals surface area contributed by atoms with E-state index in [9.17, 15) is 8.42 Å². The van der Waals surface area contributed by atoms with E-state index in [0.29, 0.717) is 0 Å². The Morgan fingerprint density at radius 2 is 1.55 bits per heavy atom. The number of halogens is 1. The first kappa shape index (κ1) is 13.6. The number of rotatable bonds is 2. The van der Waals surface area contributed by atoms with E-state index >= 15 is 0 Å². The molecule has 2 aromatic carbocycles. The lowest BCUT2D eigenvalue weighted by molar-refractivity contribution is 0.595. The van der Waals surface area contributed by atoms with E-state index in [1.54, 1.807) is 0 Å². The van der Waals surface area contributed by atoms with Crippen molar-refractivity contribution in [2.45, 2.75) is 0 Å². The predicted molar refractivity (Wildman–Crippen MR) is 90.3 cm³/mol. The van der Waals surface area contributed by atoms with Gasteiger partial charge >= 0.3 is 0 Å². The van der Waals surface area contributed by atoms with Gasteiger partial charge in [-0.05, 0) is 28.7 Å². The lowest BCUT2D eigenvalue weighted by atomic mass is 10.1. The molecule has 0 aliphatic rings. The van der Waals surface area contributed by atoms with Crippen LogP contribution < -0.4 is 0 Å². The molecule has 0 radical (unpaired) electrons. The maximum Gasteiger partial charge on any atom is 0.236 e. The molecule has 0 N–H and O–H groups in total. The highest BCUT2D eigenvalue weighted by molar-refractivity contribution is 14.1. The second-order valence-corrected chi connectivity index (χ2v) is 7.48. The molecule has 0 saturated heterocycles. The van der Waals surface area contributed by atoms with Crippen molar-refractivity contribution in [3.05, 3.63) is 58.2 Å². The molecule has 0 aliphatic heterocycles. The topological polar surface area (TPSA) is 39.1 Å². The van der Waals surface area contributed by atoms with E-state index in [-0.39, 0.29) is 0 Å². The Morgan fingerprint density at radius 3 is 2.20 bits per heavy atom. The highest BCUT2D eigenvalue weighted by atomic mass is 127. The fraction of sp³-hybridized carbons (Fsp3) is 0.0667. The maximum atomic E-state index is 12.2. The van der Waals surface area contributed by atoms with E-state index in [2.05, 4.69) is 22.6 Å². The molecule has 1 aromatic heterocycles. The Hall–Kier alpha value is -1.34. The van der Waals surface area contributed by atoms with Crippen LogP contribution in [0.5, 0.6) is 0 Å². The molecule has 0 bridgehead atoms. The summed E-state index contributed by atoms with van der Waals surface area (Å²) in [4.78, 5) is 0. The van der Waals surface area contributed by atoms with E-state index in [1.165, 1.54) is 10.2 Å². The number of hydrogen-bond acceptors (Lipinski definition) is 2. The van der Waals surface area contributed by atoms with Crippen LogP contribution in [-0.2, 0) is 10.0 Å². The number of fused-ring (bicyclic) bond motifs is 1. The minimum atomic E-state index is -3.38. The van der Waals surface area contributed by atoms with E-state index in [0.717, 1.165) is 25.7 Å². The summed E-state index contributed by atoms with van der Waals surface area (Å²) in [6, 6.07) is 17.2. The summed E-state index contributed by atoms with van der Waals surface area (Å²) in [5.74, 6) is 0. The van der Waals surface area contributed by atoms with Gasteiger partial charge in [0, 0.05) is 14.5 Å². The zero-order valence-corrected chi connectivity index (χ0v) is 13.7. The minimum absolute atomic E-state index is 0.721. The Labute approximate surface area is 131 Å². The van der Waals surface area contributed by atoms with Crippen molar-refractivity contribution in [2.75, 3.05) is 6.26 Å². The first-order valence-corrected chi connectivity index (χ1v) is 8.98. The zero-order chi connectivity index (χ0) is 14.3. The van der Waals surface area contributed by atoms with Crippen LogP contribution in [0.4, 0.5) is 0 Å². The fourth-order valence-electron chi connectivity index (χ4n) is 2.36. The zero-order valence-electron chi connectivity index (χ0n) is 10.7. The summed E-state index contributed by atoms with van der Waals surface area (Å²) < 4.78 is 26.8. The molecule has 102 valence electrons. The normalized spacial score (nSPS) is 11.9. The number of aromatic nitrogens is 1. The standard InChI is InChI=1S/C15H12INO2S/c1-20(18,19)17-13-10-6-5-9-12(13)14(16)15(17)11-7-3-2-4-8-11/h2-10H,1H3. The van der Waals surface area contributed by atoms with Crippen LogP contribution in [0.3, 0.4) is 0 Å². The van der Waals surface area contributed by atoms with Crippen molar-refractivity contribution in [2.24, 2.45) is 0 Å². The average molecular weight is 397 g/mol. The van der Waals surface area contributed by atoms with Crippen LogP contribution in [-0.4, -0.2) is 18.6 Å². The van der Waals surface area contributed by atoms with Crippen LogP contribution in [0.25, 0.3) is 22.2 Å². The third-order valence-electron chi connectivity index (χ3n) is 3.15. The molecular weight excluding hydrogens is 385 g/mol. The van der Waals surface area contributed by atoms with Crippen LogP contribution in [0, 0.1) is 3.57 Å². The third-order valence-corrected chi connectivity index (χ3v) is 5.28. The molecule has 0 unspecified atom stereocenters. The summed E-state index contributed by atoms with van der Waals surface area (Å²) in [6.45, 7) is 0. The molecule has 1 heterocycles. The van der Waals surface area contributed by atoms with Gasteiger partial charge in [0.15, 0.2) is 0 Å². The quantitative estimate of drug-likeness (QED) is 0.619. The van der Waals surface area contributed by atoms with Gasteiger partial charge in [-0.1, -0.05) is 48.5 Å². The summed E-state index contributed by atoms with van der Waals surface area (Å²) in [6.07, 6.45) is 1.24. The fourth-order valence-corrected chi connectivity index (χ4v) is 4.58. The summed E-state index contributed by atoms with van der Waals surface area (Å²) in [5, 5.41) is 0.956. The van der Waals surface area contributed by atoms with Gasteiger partial charge in [0.05, 0.1) is 17.5 Å². The van der Waals surface area contributed by atoms with Gasteiger partial charge in [-0.15, -0.1) is 0 Å². The number of benzene rings is 2. The van der Waals surface area contributed by atoms with Gasteiger partial charge in [-0.2, -0.15) is 0 Å². The first-order valence-electron chi connectivity index (χ1n) is 6.05. The van der Waals surface area contributed by atoms with E-state index < -0.39 is 10.0 Å². The highest BCUT2D eigenvalue weighted by Crippen LogP contribution is 2.35. The number of hydrogen-bond donors (Lipinski definition) is 0. The molecule has 5 heteroatoms. The van der Waals surface area contributed by atoms with Crippen LogP contribution in [0.1, 0.15) is 0 Å². The molecule has 3 rings (SSSR count). The van der Waals surface area contributed by atoms with Gasteiger partial charge < -0.3 is 0 Å². The van der Waals surface area contributed by atoms with E-state index in [1.807, 2.05) is 54.6 Å². The molecular formula is C15H12INO2S.